The molecule has 0 aliphatic carbocycles. The topological polar surface area (TPSA) is 56.7 Å². The van der Waals surface area contributed by atoms with Crippen LogP contribution >= 0.6 is 34.2 Å². The minimum Gasteiger partial charge on any atom is -0.324 e. The summed E-state index contributed by atoms with van der Waals surface area (Å²) in [6.07, 6.45) is 3.28. The van der Waals surface area contributed by atoms with Gasteiger partial charge in [-0.05, 0) is 52.8 Å². The van der Waals surface area contributed by atoms with Crippen LogP contribution in [0.1, 0.15) is 30.8 Å². The highest BCUT2D eigenvalue weighted by Gasteiger charge is 2.14. The number of nitrogens with two attached hydrogens (primary N) is 1. The first kappa shape index (κ1) is 14.7. The molecule has 6 heteroatoms. The molecule has 0 saturated carbocycles. The SMILES string of the molecule is CCCn1ncnc1CC(N)c1cc(Cl)ccc1I. The van der Waals surface area contributed by atoms with Gasteiger partial charge in [0.05, 0.1) is 0 Å². The fraction of sp³-hybridized carbons (Fsp3) is 0.385. The molecule has 102 valence electrons. The lowest BCUT2D eigenvalue weighted by atomic mass is 10.0. The predicted octanol–water partition coefficient (Wildman–Crippen LogP) is 3.19. The third-order valence-electron chi connectivity index (χ3n) is 2.89. The van der Waals surface area contributed by atoms with Gasteiger partial charge in [0, 0.05) is 27.6 Å². The van der Waals surface area contributed by atoms with Crippen LogP contribution in [0, 0.1) is 3.57 Å². The van der Waals surface area contributed by atoms with Crippen molar-refractivity contribution in [2.75, 3.05) is 0 Å². The van der Waals surface area contributed by atoms with Gasteiger partial charge < -0.3 is 5.73 Å². The standard InChI is InChI=1S/C13H16ClIN4/c1-2-5-19-13(17-8-18-19)7-12(16)10-6-9(14)3-4-11(10)15/h3-4,6,8,12H,2,5,7,16H2,1H3. The van der Waals surface area contributed by atoms with E-state index in [4.69, 9.17) is 17.3 Å². The summed E-state index contributed by atoms with van der Waals surface area (Å²) in [5.74, 6) is 0.921. The Bertz CT molecular complexity index is 555. The Hall–Kier alpha value is -0.660. The quantitative estimate of drug-likeness (QED) is 0.798. The Morgan fingerprint density at radius 1 is 1.47 bits per heavy atom. The number of benzene rings is 1. The molecule has 1 aromatic heterocycles. The molecule has 2 aromatic rings. The largest absolute Gasteiger partial charge is 0.324 e. The van der Waals surface area contributed by atoms with Gasteiger partial charge in [0.25, 0.3) is 0 Å². The lowest BCUT2D eigenvalue weighted by Crippen LogP contribution is -2.18. The van der Waals surface area contributed by atoms with Gasteiger partial charge in [-0.25, -0.2) is 4.98 Å². The van der Waals surface area contributed by atoms with E-state index in [-0.39, 0.29) is 6.04 Å². The van der Waals surface area contributed by atoms with E-state index in [1.165, 1.54) is 0 Å². The molecule has 0 saturated heterocycles. The minimum atomic E-state index is -0.120. The fourth-order valence-corrected chi connectivity index (χ4v) is 2.87. The highest BCUT2D eigenvalue weighted by atomic mass is 127. The highest BCUT2D eigenvalue weighted by Crippen LogP contribution is 2.24. The Morgan fingerprint density at radius 3 is 3.00 bits per heavy atom. The number of hydrogen-bond acceptors (Lipinski definition) is 3. The molecule has 2 N–H and O–H groups in total. The van der Waals surface area contributed by atoms with Crippen LogP contribution in [0.3, 0.4) is 0 Å². The van der Waals surface area contributed by atoms with Gasteiger partial charge in [-0.3, -0.25) is 4.68 Å². The number of nitrogens with zero attached hydrogens (tertiary/aromatic N) is 3. The van der Waals surface area contributed by atoms with Crippen LogP contribution in [0.4, 0.5) is 0 Å². The lowest BCUT2D eigenvalue weighted by Gasteiger charge is -2.14. The molecule has 0 aliphatic rings. The lowest BCUT2D eigenvalue weighted by molar-refractivity contribution is 0.547. The first-order valence-electron chi connectivity index (χ1n) is 6.19. The van der Waals surface area contributed by atoms with E-state index in [2.05, 4.69) is 39.6 Å². The second kappa shape index (κ2) is 6.67. The van der Waals surface area contributed by atoms with Crippen LogP contribution in [-0.2, 0) is 13.0 Å². The third kappa shape index (κ3) is 3.67. The number of aryl methyl sites for hydroxylation is 1. The summed E-state index contributed by atoms with van der Waals surface area (Å²) in [6, 6.07) is 5.66. The molecule has 0 fully saturated rings. The molecule has 1 aromatic carbocycles. The maximum absolute atomic E-state index is 6.28. The summed E-state index contributed by atoms with van der Waals surface area (Å²) in [5.41, 5.74) is 7.33. The number of hydrogen-bond donors (Lipinski definition) is 1. The molecule has 19 heavy (non-hydrogen) atoms. The first-order valence-corrected chi connectivity index (χ1v) is 7.64. The van der Waals surface area contributed by atoms with Gasteiger partial charge in [-0.1, -0.05) is 18.5 Å². The predicted molar refractivity (Wildman–Crippen MR) is 85.1 cm³/mol. The van der Waals surface area contributed by atoms with Crippen molar-refractivity contribution in [1.82, 2.24) is 14.8 Å². The van der Waals surface area contributed by atoms with Gasteiger partial charge >= 0.3 is 0 Å². The zero-order chi connectivity index (χ0) is 13.8. The van der Waals surface area contributed by atoms with E-state index in [0.717, 1.165) is 27.9 Å². The number of rotatable bonds is 5. The van der Waals surface area contributed by atoms with Gasteiger partial charge in [-0.15, -0.1) is 0 Å². The maximum atomic E-state index is 6.28. The molecule has 1 unspecified atom stereocenters. The number of aromatic nitrogens is 3. The van der Waals surface area contributed by atoms with E-state index >= 15 is 0 Å². The summed E-state index contributed by atoms with van der Waals surface area (Å²) in [6.45, 7) is 2.99. The summed E-state index contributed by atoms with van der Waals surface area (Å²) in [4.78, 5) is 4.29. The zero-order valence-corrected chi connectivity index (χ0v) is 13.6. The third-order valence-corrected chi connectivity index (χ3v) is 4.11. The summed E-state index contributed by atoms with van der Waals surface area (Å²) < 4.78 is 3.04. The normalized spacial score (nSPS) is 12.6. The van der Waals surface area contributed by atoms with Crippen molar-refractivity contribution in [3.8, 4) is 0 Å². The first-order chi connectivity index (χ1) is 9.11. The molecule has 1 heterocycles. The van der Waals surface area contributed by atoms with Crippen molar-refractivity contribution in [3.63, 3.8) is 0 Å². The van der Waals surface area contributed by atoms with E-state index in [1.807, 2.05) is 22.9 Å². The van der Waals surface area contributed by atoms with Crippen molar-refractivity contribution >= 4 is 34.2 Å². The molecular formula is C13H16ClIN4. The van der Waals surface area contributed by atoms with Crippen molar-refractivity contribution in [2.45, 2.75) is 32.4 Å². The second-order valence-corrected chi connectivity index (χ2v) is 5.97. The van der Waals surface area contributed by atoms with Crippen molar-refractivity contribution in [2.24, 2.45) is 5.73 Å². The van der Waals surface area contributed by atoms with Gasteiger partial charge in [0.15, 0.2) is 0 Å². The smallest absolute Gasteiger partial charge is 0.138 e. The summed E-state index contributed by atoms with van der Waals surface area (Å²) in [7, 11) is 0. The van der Waals surface area contributed by atoms with E-state index < -0.39 is 0 Å². The molecule has 0 bridgehead atoms. The van der Waals surface area contributed by atoms with Crippen LogP contribution < -0.4 is 5.73 Å². The van der Waals surface area contributed by atoms with Gasteiger partial charge in [0.1, 0.15) is 12.2 Å². The van der Waals surface area contributed by atoms with Gasteiger partial charge in [-0.2, -0.15) is 5.10 Å². The Kier molecular flexibility index (Phi) is 5.18. The van der Waals surface area contributed by atoms with E-state index in [1.54, 1.807) is 6.33 Å². The van der Waals surface area contributed by atoms with Crippen LogP contribution in [0.25, 0.3) is 0 Å². The summed E-state index contributed by atoms with van der Waals surface area (Å²) >= 11 is 8.31. The Balaban J connectivity index is 2.18. The average Bonchev–Trinajstić information content (AvgIpc) is 2.80. The molecule has 1 atom stereocenters. The molecule has 4 nitrogen and oxygen atoms in total. The maximum Gasteiger partial charge on any atom is 0.138 e. The Labute approximate surface area is 131 Å². The summed E-state index contributed by atoms with van der Waals surface area (Å²) in [5, 5.41) is 4.92. The molecule has 0 radical (unpaired) electrons. The second-order valence-electron chi connectivity index (χ2n) is 4.38. The molecular weight excluding hydrogens is 375 g/mol. The molecule has 2 rings (SSSR count). The molecule has 0 amide bonds. The van der Waals surface area contributed by atoms with Crippen LogP contribution in [0.2, 0.25) is 5.02 Å². The van der Waals surface area contributed by atoms with Gasteiger partial charge in [0.2, 0.25) is 0 Å². The van der Waals surface area contributed by atoms with Crippen molar-refractivity contribution in [3.05, 3.63) is 44.5 Å². The fourth-order valence-electron chi connectivity index (χ4n) is 1.95. The van der Waals surface area contributed by atoms with E-state index in [9.17, 15) is 0 Å². The molecule has 0 aliphatic heterocycles. The Morgan fingerprint density at radius 2 is 2.26 bits per heavy atom. The van der Waals surface area contributed by atoms with Crippen LogP contribution in [0.15, 0.2) is 24.5 Å². The highest BCUT2D eigenvalue weighted by molar-refractivity contribution is 14.1. The van der Waals surface area contributed by atoms with Crippen LogP contribution in [-0.4, -0.2) is 14.8 Å². The monoisotopic (exact) mass is 390 g/mol. The number of halogens is 2. The van der Waals surface area contributed by atoms with Crippen molar-refractivity contribution < 1.29 is 0 Å². The minimum absolute atomic E-state index is 0.120. The van der Waals surface area contributed by atoms with E-state index in [0.29, 0.717) is 11.4 Å². The van der Waals surface area contributed by atoms with Crippen molar-refractivity contribution in [1.29, 1.82) is 0 Å². The molecule has 0 spiro atoms. The zero-order valence-electron chi connectivity index (χ0n) is 10.7. The van der Waals surface area contributed by atoms with Crippen LogP contribution in [0.5, 0.6) is 0 Å². The average molecular weight is 391 g/mol.